The number of rotatable bonds is 5. The minimum atomic E-state index is 0.644. The van der Waals surface area contributed by atoms with E-state index in [-0.39, 0.29) is 0 Å². The van der Waals surface area contributed by atoms with E-state index in [4.69, 9.17) is 14.5 Å². The molecule has 0 amide bonds. The minimum absolute atomic E-state index is 0.644. The summed E-state index contributed by atoms with van der Waals surface area (Å²) in [5.41, 5.74) is 16.5. The molecule has 0 unspecified atom stereocenters. The van der Waals surface area contributed by atoms with Crippen molar-refractivity contribution in [2.24, 2.45) is 0 Å². The molecule has 17 aromatic rings. The average Bonchev–Trinajstić information content (AvgIpc) is 1.08. The van der Waals surface area contributed by atoms with Crippen LogP contribution in [0.1, 0.15) is 11.1 Å². The molecular weight excluding hydrogens is 1070 g/mol. The molecule has 2 aliphatic heterocycles. The van der Waals surface area contributed by atoms with Crippen LogP contribution in [0.15, 0.2) is 261 Å². The van der Waals surface area contributed by atoms with Crippen LogP contribution in [0.4, 0.5) is 0 Å². The maximum Gasteiger partial charge on any atom is 0.136 e. The van der Waals surface area contributed by atoms with Crippen LogP contribution in [-0.4, -0.2) is 4.98 Å². The standard InChI is InChI=1S/C83H43N3O2/c84-43-52-24-29-69-67-28-23-47(40-79(67)88-77-18-8-16-60(52)83(69)77)70-41-71-65-13-5-6-14-66(65)73(42-72(71)64-12-4-3-11-63(64)70)75-32-25-54(45-86-75)55-35-48-19-21-50-37-56(38-51-22-20-49(36-55)80(48)81(50)51)58-31-30-57(61-9-1-2-10-62(58)61)46-26-33-76-74(39-46)68-17-7-15-59-53(44-85)27-34-78(87-76)82(59)68/h1-42,45H. The lowest BCUT2D eigenvalue weighted by Crippen LogP contribution is -1.98. The van der Waals surface area contributed by atoms with Crippen LogP contribution >= 0.6 is 0 Å². The molecular formula is C83H43N3O2. The summed E-state index contributed by atoms with van der Waals surface area (Å²) in [6.07, 6.45) is 2.04. The van der Waals surface area contributed by atoms with Crippen molar-refractivity contribution in [3.63, 3.8) is 0 Å². The Morgan fingerprint density at radius 2 is 0.716 bits per heavy atom. The fourth-order valence-electron chi connectivity index (χ4n) is 14.9. The smallest absolute Gasteiger partial charge is 0.136 e. The lowest BCUT2D eigenvalue weighted by molar-refractivity contribution is 0.487. The van der Waals surface area contributed by atoms with Crippen LogP contribution in [-0.2, 0) is 0 Å². The second-order valence-electron chi connectivity index (χ2n) is 23.4. The Labute approximate surface area is 504 Å². The summed E-state index contributed by atoms with van der Waals surface area (Å²) in [6.45, 7) is 0. The fourth-order valence-corrected chi connectivity index (χ4v) is 14.9. The van der Waals surface area contributed by atoms with Gasteiger partial charge in [-0.1, -0.05) is 164 Å². The van der Waals surface area contributed by atoms with Crippen molar-refractivity contribution in [2.75, 3.05) is 0 Å². The number of benzene rings is 16. The van der Waals surface area contributed by atoms with E-state index in [1.165, 1.54) is 75.8 Å². The summed E-state index contributed by atoms with van der Waals surface area (Å²) in [4.78, 5) is 5.26. The van der Waals surface area contributed by atoms with Gasteiger partial charge in [0.1, 0.15) is 23.0 Å². The minimum Gasteiger partial charge on any atom is -0.456 e. The van der Waals surface area contributed by atoms with E-state index in [1.54, 1.807) is 0 Å². The second-order valence-corrected chi connectivity index (χ2v) is 23.4. The number of aromatic nitrogens is 1. The largest absolute Gasteiger partial charge is 0.456 e. The summed E-state index contributed by atoms with van der Waals surface area (Å²) >= 11 is 0. The summed E-state index contributed by atoms with van der Waals surface area (Å²) in [5, 5.41) is 40.3. The van der Waals surface area contributed by atoms with Crippen LogP contribution in [0.5, 0.6) is 23.0 Å². The average molecular weight is 1110 g/mol. The van der Waals surface area contributed by atoms with Crippen molar-refractivity contribution in [3.8, 4) is 113 Å². The number of nitriles is 2. The highest BCUT2D eigenvalue weighted by molar-refractivity contribution is 6.26. The Balaban J connectivity index is 0.658. The second kappa shape index (κ2) is 18.2. The Morgan fingerprint density at radius 1 is 0.250 bits per heavy atom. The SMILES string of the molecule is N#Cc1ccc2c3c(cccc13)Oc1cc(-c3cc4c5ccccc5c(-c5ccc(-c6cc7ccc8cc(-c9ccc(-c%10ccc%11c(c%10)-c%10cccc%12c(C#N)ccc(c%10%12)O%11)c%10ccccc9%10)cc9ccc(c6)c7c89)cn5)cc4c4ccccc34)ccc1-2. The molecule has 88 heavy (non-hydrogen) atoms. The van der Waals surface area contributed by atoms with Crippen molar-refractivity contribution in [1.29, 1.82) is 10.5 Å². The van der Waals surface area contributed by atoms with Gasteiger partial charge in [-0.25, -0.2) is 0 Å². The first-order valence-electron chi connectivity index (χ1n) is 29.7. The fraction of sp³-hybridized carbons (Fsp3) is 0. The first kappa shape index (κ1) is 48.2. The number of pyridine rings is 1. The van der Waals surface area contributed by atoms with Gasteiger partial charge in [0.15, 0.2) is 0 Å². The van der Waals surface area contributed by atoms with Gasteiger partial charge in [-0.3, -0.25) is 4.98 Å². The summed E-state index contributed by atoms with van der Waals surface area (Å²) in [6, 6.07) is 95.9. The highest BCUT2D eigenvalue weighted by atomic mass is 16.5. The summed E-state index contributed by atoms with van der Waals surface area (Å²) in [5.74, 6) is 3.16. The van der Waals surface area contributed by atoms with Crippen molar-refractivity contribution < 1.29 is 9.47 Å². The van der Waals surface area contributed by atoms with E-state index in [1.807, 2.05) is 54.7 Å². The molecule has 0 saturated carbocycles. The molecule has 0 N–H and O–H groups in total. The Hall–Kier alpha value is -12.2. The van der Waals surface area contributed by atoms with E-state index in [0.29, 0.717) is 11.1 Å². The highest BCUT2D eigenvalue weighted by Crippen LogP contribution is 2.52. The van der Waals surface area contributed by atoms with Gasteiger partial charge in [-0.05, 0) is 216 Å². The molecule has 5 heteroatoms. The first-order chi connectivity index (χ1) is 43.5. The molecule has 16 aromatic carbocycles. The normalized spacial score (nSPS) is 12.2. The maximum atomic E-state index is 9.92. The van der Waals surface area contributed by atoms with Gasteiger partial charge < -0.3 is 9.47 Å². The molecule has 0 spiro atoms. The number of hydrogen-bond acceptors (Lipinski definition) is 5. The monoisotopic (exact) mass is 1110 g/mol. The third-order valence-corrected chi connectivity index (χ3v) is 18.9. The molecule has 5 nitrogen and oxygen atoms in total. The van der Waals surface area contributed by atoms with Gasteiger partial charge in [-0.2, -0.15) is 10.5 Å². The first-order valence-corrected chi connectivity index (χ1v) is 29.7. The molecule has 2 aliphatic rings. The zero-order valence-electron chi connectivity index (χ0n) is 47.0. The van der Waals surface area contributed by atoms with Crippen molar-refractivity contribution in [3.05, 3.63) is 272 Å². The highest BCUT2D eigenvalue weighted by Gasteiger charge is 2.26. The van der Waals surface area contributed by atoms with Crippen LogP contribution in [0.3, 0.4) is 0 Å². The maximum absolute atomic E-state index is 9.92. The Morgan fingerprint density at radius 3 is 1.35 bits per heavy atom. The molecule has 0 fully saturated rings. The topological polar surface area (TPSA) is 78.9 Å². The van der Waals surface area contributed by atoms with Crippen molar-refractivity contribution >= 4 is 97.0 Å². The molecule has 402 valence electrons. The lowest BCUT2D eigenvalue weighted by atomic mass is 9.87. The third-order valence-electron chi connectivity index (χ3n) is 18.9. The molecule has 0 atom stereocenters. The van der Waals surface area contributed by atoms with Crippen molar-refractivity contribution in [2.45, 2.75) is 0 Å². The van der Waals surface area contributed by atoms with Crippen molar-refractivity contribution in [1.82, 2.24) is 4.98 Å². The van der Waals surface area contributed by atoms with Crippen LogP contribution < -0.4 is 9.47 Å². The molecule has 3 heterocycles. The Kier molecular flexibility index (Phi) is 9.97. The predicted molar refractivity (Wildman–Crippen MR) is 361 cm³/mol. The number of fused-ring (bicyclic) bond motifs is 10. The lowest BCUT2D eigenvalue weighted by Gasteiger charge is -2.23. The number of hydrogen-bond donors (Lipinski definition) is 0. The van der Waals surface area contributed by atoms with E-state index in [9.17, 15) is 10.5 Å². The molecule has 0 radical (unpaired) electrons. The van der Waals surface area contributed by atoms with Gasteiger partial charge >= 0.3 is 0 Å². The van der Waals surface area contributed by atoms with Crippen LogP contribution in [0, 0.1) is 22.7 Å². The van der Waals surface area contributed by atoms with E-state index < -0.39 is 0 Å². The predicted octanol–water partition coefficient (Wildman–Crippen LogP) is 22.5. The zero-order valence-corrected chi connectivity index (χ0v) is 47.0. The number of ether oxygens (including phenoxy) is 2. The summed E-state index contributed by atoms with van der Waals surface area (Å²) in [7, 11) is 0. The van der Waals surface area contributed by atoms with Crippen LogP contribution in [0.2, 0.25) is 0 Å². The zero-order chi connectivity index (χ0) is 57.9. The van der Waals surface area contributed by atoms with Gasteiger partial charge in [0.05, 0.1) is 29.0 Å². The van der Waals surface area contributed by atoms with Gasteiger partial charge in [-0.15, -0.1) is 0 Å². The Bertz CT molecular complexity index is 6020. The quantitative estimate of drug-likeness (QED) is 0.160. The van der Waals surface area contributed by atoms with Gasteiger partial charge in [0, 0.05) is 50.0 Å². The van der Waals surface area contributed by atoms with E-state index in [2.05, 4.69) is 218 Å². The molecule has 1 aromatic heterocycles. The summed E-state index contributed by atoms with van der Waals surface area (Å²) < 4.78 is 13.1. The molecule has 19 rings (SSSR count). The molecule has 0 aliphatic carbocycles. The molecule has 0 saturated heterocycles. The van der Waals surface area contributed by atoms with Gasteiger partial charge in [0.2, 0.25) is 0 Å². The number of nitrogens with zero attached hydrogens (tertiary/aromatic N) is 3. The van der Waals surface area contributed by atoms with E-state index in [0.717, 1.165) is 122 Å². The van der Waals surface area contributed by atoms with E-state index >= 15 is 0 Å². The molecule has 0 bridgehead atoms. The van der Waals surface area contributed by atoms with Crippen LogP contribution in [0.25, 0.3) is 175 Å². The third kappa shape index (κ3) is 6.93. The van der Waals surface area contributed by atoms with Gasteiger partial charge in [0.25, 0.3) is 0 Å².